The number of hydrogen-bond donors (Lipinski definition) is 1. The fraction of sp³-hybridized carbons (Fsp3) is 0.400. The van der Waals surface area contributed by atoms with Gasteiger partial charge in [-0.2, -0.15) is 5.10 Å². The summed E-state index contributed by atoms with van der Waals surface area (Å²) in [5, 5.41) is 4.16. The summed E-state index contributed by atoms with van der Waals surface area (Å²) in [6, 6.07) is 14.1. The van der Waals surface area contributed by atoms with Crippen LogP contribution in [0, 0.1) is 0 Å². The number of ether oxygens (including phenoxy) is 1. The van der Waals surface area contributed by atoms with Crippen LogP contribution in [0.15, 0.2) is 52.0 Å². The van der Waals surface area contributed by atoms with Gasteiger partial charge in [0.1, 0.15) is 17.9 Å². The van der Waals surface area contributed by atoms with Crippen LogP contribution in [-0.4, -0.2) is 47.2 Å². The summed E-state index contributed by atoms with van der Waals surface area (Å²) in [6.45, 7) is 5.27. The van der Waals surface area contributed by atoms with Crippen molar-refractivity contribution in [3.05, 3.63) is 48.0 Å². The number of carbonyl (C=O) groups is 1. The third kappa shape index (κ3) is 4.53. The van der Waals surface area contributed by atoms with Crippen LogP contribution in [0.3, 0.4) is 0 Å². The van der Waals surface area contributed by atoms with Crippen LogP contribution < -0.4 is 10.2 Å². The monoisotopic (exact) mass is 432 g/mol. The van der Waals surface area contributed by atoms with E-state index in [1.165, 1.54) is 32.4 Å². The molecule has 0 spiro atoms. The summed E-state index contributed by atoms with van der Waals surface area (Å²) in [5.74, 6) is 1.38. The van der Waals surface area contributed by atoms with Crippen LogP contribution in [0.1, 0.15) is 44.6 Å². The Labute approximate surface area is 187 Å². The molecular formula is C25H28N4O3. The van der Waals surface area contributed by atoms with Gasteiger partial charge in [-0.1, -0.05) is 12.5 Å². The molecule has 7 nitrogen and oxygen atoms in total. The van der Waals surface area contributed by atoms with Crippen LogP contribution in [0.5, 0.6) is 5.75 Å². The van der Waals surface area contributed by atoms with Gasteiger partial charge in [0.2, 0.25) is 11.8 Å². The lowest BCUT2D eigenvalue weighted by molar-refractivity contribution is -0.121. The van der Waals surface area contributed by atoms with Crippen molar-refractivity contribution in [2.45, 2.75) is 45.1 Å². The Morgan fingerprint density at radius 3 is 2.59 bits per heavy atom. The normalized spacial score (nSPS) is 18.3. The van der Waals surface area contributed by atoms with Gasteiger partial charge in [0, 0.05) is 30.0 Å². The Hall–Kier alpha value is -3.19. The maximum Gasteiger partial charge on any atom is 0.240 e. The molecule has 0 radical (unpaired) electrons. The average Bonchev–Trinajstić information content (AvgIpc) is 3.27. The lowest BCUT2D eigenvalue weighted by Gasteiger charge is -2.32. The number of fused-ring (bicyclic) bond motifs is 1. The van der Waals surface area contributed by atoms with Crippen molar-refractivity contribution in [3.63, 3.8) is 0 Å². The predicted octanol–water partition coefficient (Wildman–Crippen LogP) is 4.36. The Kier molecular flexibility index (Phi) is 5.90. The maximum atomic E-state index is 11.3. The van der Waals surface area contributed by atoms with Gasteiger partial charge in [-0.3, -0.25) is 9.69 Å². The molecule has 1 aromatic heterocycles. The first kappa shape index (κ1) is 20.7. The van der Waals surface area contributed by atoms with Crippen molar-refractivity contribution in [2.75, 3.05) is 19.7 Å². The number of rotatable bonds is 6. The van der Waals surface area contributed by atoms with E-state index in [2.05, 4.69) is 27.3 Å². The van der Waals surface area contributed by atoms with E-state index in [-0.39, 0.29) is 5.91 Å². The summed E-state index contributed by atoms with van der Waals surface area (Å²) in [5.41, 5.74) is 6.72. The maximum absolute atomic E-state index is 11.3. The molecule has 3 heterocycles. The molecule has 166 valence electrons. The minimum atomic E-state index is -0.0508. The lowest BCUT2D eigenvalue weighted by atomic mass is 10.0. The second-order valence-electron chi connectivity index (χ2n) is 8.58. The molecule has 0 aliphatic carbocycles. The van der Waals surface area contributed by atoms with Gasteiger partial charge >= 0.3 is 0 Å². The first-order valence-corrected chi connectivity index (χ1v) is 11.4. The molecule has 7 heteroatoms. The van der Waals surface area contributed by atoms with E-state index in [1.54, 1.807) is 0 Å². The standard InChI is InChI=1S/C25H28N4O3/c1-17(29-13-3-2-4-14-29)16-31-20-8-5-18(6-9-20)25-26-22-10-7-19(15-23(22)32-25)21-11-12-24(30)28-27-21/h5-10,15,17H,2-4,11-14,16H2,1H3,(H,28,30). The van der Waals surface area contributed by atoms with Crippen LogP contribution >= 0.6 is 0 Å². The highest BCUT2D eigenvalue weighted by atomic mass is 16.5. The fourth-order valence-electron chi connectivity index (χ4n) is 4.29. The molecule has 3 aromatic rings. The molecule has 1 atom stereocenters. The number of aromatic nitrogens is 1. The van der Waals surface area contributed by atoms with Gasteiger partial charge in [-0.15, -0.1) is 0 Å². The Morgan fingerprint density at radius 1 is 1.06 bits per heavy atom. The Morgan fingerprint density at radius 2 is 1.84 bits per heavy atom. The van der Waals surface area contributed by atoms with Crippen molar-refractivity contribution >= 4 is 22.7 Å². The van der Waals surface area contributed by atoms with Crippen LogP contribution in [0.25, 0.3) is 22.6 Å². The number of benzene rings is 2. The number of hydrazone groups is 1. The van der Waals surface area contributed by atoms with E-state index in [0.29, 0.717) is 37.0 Å². The first-order chi connectivity index (χ1) is 15.7. The third-order valence-corrected chi connectivity index (χ3v) is 6.23. The molecule has 1 N–H and O–H groups in total. The highest BCUT2D eigenvalue weighted by molar-refractivity contribution is 6.05. The Bertz CT molecular complexity index is 1130. The lowest BCUT2D eigenvalue weighted by Crippen LogP contribution is -2.40. The largest absolute Gasteiger partial charge is 0.492 e. The van der Waals surface area contributed by atoms with Crippen molar-refractivity contribution in [2.24, 2.45) is 5.10 Å². The predicted molar refractivity (Wildman–Crippen MR) is 124 cm³/mol. The van der Waals surface area contributed by atoms with E-state index in [4.69, 9.17) is 9.15 Å². The zero-order chi connectivity index (χ0) is 21.9. The highest BCUT2D eigenvalue weighted by Gasteiger charge is 2.18. The Balaban J connectivity index is 1.26. The SMILES string of the molecule is CC(COc1ccc(-c2nc3ccc(C4=NNC(=O)CC4)cc3o2)cc1)N1CCCCC1. The van der Waals surface area contributed by atoms with Gasteiger partial charge in [-0.05, 0) is 69.3 Å². The number of piperidine rings is 1. The van der Waals surface area contributed by atoms with E-state index < -0.39 is 0 Å². The molecular weight excluding hydrogens is 404 g/mol. The zero-order valence-corrected chi connectivity index (χ0v) is 18.3. The molecule has 0 saturated carbocycles. The average molecular weight is 433 g/mol. The van der Waals surface area contributed by atoms with E-state index in [9.17, 15) is 4.79 Å². The number of amides is 1. The minimum absolute atomic E-state index is 0.0508. The van der Waals surface area contributed by atoms with Crippen LogP contribution in [0.2, 0.25) is 0 Å². The van der Waals surface area contributed by atoms with Crippen molar-refractivity contribution in [1.29, 1.82) is 0 Å². The summed E-state index contributed by atoms with van der Waals surface area (Å²) >= 11 is 0. The molecule has 32 heavy (non-hydrogen) atoms. The first-order valence-electron chi connectivity index (χ1n) is 11.4. The second-order valence-corrected chi connectivity index (χ2v) is 8.58. The third-order valence-electron chi connectivity index (χ3n) is 6.23. The smallest absolute Gasteiger partial charge is 0.240 e. The van der Waals surface area contributed by atoms with E-state index >= 15 is 0 Å². The molecule has 1 fully saturated rings. The molecule has 2 aliphatic rings. The summed E-state index contributed by atoms with van der Waals surface area (Å²) in [6.07, 6.45) is 4.99. The van der Waals surface area contributed by atoms with Crippen molar-refractivity contribution in [1.82, 2.24) is 15.3 Å². The van der Waals surface area contributed by atoms with E-state index in [1.807, 2.05) is 42.5 Å². The number of hydrogen-bond acceptors (Lipinski definition) is 6. The van der Waals surface area contributed by atoms with Gasteiger partial charge in [0.25, 0.3) is 0 Å². The number of carbonyl (C=O) groups excluding carboxylic acids is 1. The summed E-state index contributed by atoms with van der Waals surface area (Å²) in [7, 11) is 0. The van der Waals surface area contributed by atoms with E-state index in [0.717, 1.165) is 28.1 Å². The quantitative estimate of drug-likeness (QED) is 0.626. The fourth-order valence-corrected chi connectivity index (χ4v) is 4.29. The molecule has 2 aromatic carbocycles. The highest BCUT2D eigenvalue weighted by Crippen LogP contribution is 2.27. The molecule has 0 bridgehead atoms. The molecule has 1 saturated heterocycles. The van der Waals surface area contributed by atoms with Crippen LogP contribution in [-0.2, 0) is 4.79 Å². The van der Waals surface area contributed by atoms with Crippen molar-refractivity contribution < 1.29 is 13.9 Å². The van der Waals surface area contributed by atoms with Crippen LogP contribution in [0.4, 0.5) is 0 Å². The topological polar surface area (TPSA) is 80.0 Å². The molecule has 1 amide bonds. The number of likely N-dealkylation sites (tertiary alicyclic amines) is 1. The summed E-state index contributed by atoms with van der Waals surface area (Å²) in [4.78, 5) is 18.5. The van der Waals surface area contributed by atoms with Crippen molar-refractivity contribution in [3.8, 4) is 17.2 Å². The van der Waals surface area contributed by atoms with Gasteiger partial charge < -0.3 is 9.15 Å². The molecule has 5 rings (SSSR count). The minimum Gasteiger partial charge on any atom is -0.492 e. The van der Waals surface area contributed by atoms with Gasteiger partial charge in [0.05, 0.1) is 5.71 Å². The zero-order valence-electron chi connectivity index (χ0n) is 18.3. The number of oxazole rings is 1. The number of nitrogens with one attached hydrogen (secondary N) is 1. The summed E-state index contributed by atoms with van der Waals surface area (Å²) < 4.78 is 12.0. The molecule has 1 unspecified atom stereocenters. The van der Waals surface area contributed by atoms with Gasteiger partial charge in [0.15, 0.2) is 5.58 Å². The molecule has 2 aliphatic heterocycles. The van der Waals surface area contributed by atoms with Gasteiger partial charge in [-0.25, -0.2) is 10.4 Å². The second kappa shape index (κ2) is 9.12. The number of nitrogens with zero attached hydrogens (tertiary/aromatic N) is 3.